The summed E-state index contributed by atoms with van der Waals surface area (Å²) in [5, 5.41) is 5.83. The van der Waals surface area contributed by atoms with Crippen molar-refractivity contribution in [2.75, 3.05) is 19.6 Å². The Kier molecular flexibility index (Phi) is 3.50. The van der Waals surface area contributed by atoms with E-state index < -0.39 is 0 Å². The van der Waals surface area contributed by atoms with Gasteiger partial charge in [0.1, 0.15) is 0 Å². The average Bonchev–Trinajstić information content (AvgIpc) is 3.06. The van der Waals surface area contributed by atoms with Crippen LogP contribution in [0.5, 0.6) is 0 Å². The third kappa shape index (κ3) is 2.90. The molecule has 20 heavy (non-hydrogen) atoms. The van der Waals surface area contributed by atoms with Gasteiger partial charge in [0.25, 0.3) is 0 Å². The summed E-state index contributed by atoms with van der Waals surface area (Å²) in [5.41, 5.74) is 1.21. The predicted octanol–water partition coefficient (Wildman–Crippen LogP) is 2.36. The fourth-order valence-corrected chi connectivity index (χ4v) is 3.75. The molecule has 5 heteroatoms. The Labute approximate surface area is 123 Å². The molecule has 3 heterocycles. The lowest BCUT2D eigenvalue weighted by molar-refractivity contribution is 0.188. The highest BCUT2D eigenvalue weighted by Gasteiger charge is 2.24. The highest BCUT2D eigenvalue weighted by molar-refractivity contribution is 7.15. The van der Waals surface area contributed by atoms with Crippen molar-refractivity contribution in [1.82, 2.24) is 19.6 Å². The van der Waals surface area contributed by atoms with Gasteiger partial charge in [0.15, 0.2) is 4.96 Å². The van der Waals surface area contributed by atoms with Crippen LogP contribution in [-0.2, 0) is 6.54 Å². The summed E-state index contributed by atoms with van der Waals surface area (Å²) in [6.07, 6.45) is 9.73. The van der Waals surface area contributed by atoms with E-state index >= 15 is 0 Å². The average molecular weight is 290 g/mol. The maximum atomic E-state index is 4.68. The minimum Gasteiger partial charge on any atom is -0.314 e. The summed E-state index contributed by atoms with van der Waals surface area (Å²) >= 11 is 1.71. The minimum atomic E-state index is 0.748. The molecule has 1 saturated heterocycles. The smallest absolute Gasteiger partial charge is 0.193 e. The summed E-state index contributed by atoms with van der Waals surface area (Å²) in [4.78, 5) is 8.33. The van der Waals surface area contributed by atoms with E-state index in [4.69, 9.17) is 0 Å². The van der Waals surface area contributed by atoms with E-state index in [0.29, 0.717) is 0 Å². The summed E-state index contributed by atoms with van der Waals surface area (Å²) in [5.74, 6) is 0.992. The molecule has 4 rings (SSSR count). The number of likely N-dealkylation sites (tertiary alicyclic amines) is 1. The third-order valence-electron chi connectivity index (χ3n) is 4.51. The van der Waals surface area contributed by atoms with Gasteiger partial charge in [0.05, 0.1) is 5.69 Å². The van der Waals surface area contributed by atoms with Crippen LogP contribution in [0.15, 0.2) is 17.8 Å². The molecule has 2 aliphatic rings. The van der Waals surface area contributed by atoms with E-state index in [2.05, 4.69) is 37.4 Å². The predicted molar refractivity (Wildman–Crippen MR) is 82.1 cm³/mol. The second-order valence-electron chi connectivity index (χ2n) is 6.23. The van der Waals surface area contributed by atoms with Crippen molar-refractivity contribution in [1.29, 1.82) is 0 Å². The van der Waals surface area contributed by atoms with Crippen LogP contribution in [0.4, 0.5) is 0 Å². The molecule has 0 unspecified atom stereocenters. The van der Waals surface area contributed by atoms with Crippen LogP contribution >= 0.6 is 11.3 Å². The lowest BCUT2D eigenvalue weighted by Crippen LogP contribution is -2.42. The van der Waals surface area contributed by atoms with Crippen molar-refractivity contribution in [3.05, 3.63) is 23.5 Å². The second kappa shape index (κ2) is 5.47. The third-order valence-corrected chi connectivity index (χ3v) is 5.28. The number of imidazole rings is 1. The molecular weight excluding hydrogens is 268 g/mol. The Bertz CT molecular complexity index is 535. The van der Waals surface area contributed by atoms with Gasteiger partial charge in [-0.1, -0.05) is 0 Å². The Morgan fingerprint density at radius 2 is 2.10 bits per heavy atom. The van der Waals surface area contributed by atoms with Crippen molar-refractivity contribution in [2.45, 2.75) is 38.3 Å². The number of piperidine rings is 1. The Balaban J connectivity index is 1.27. The molecule has 108 valence electrons. The summed E-state index contributed by atoms with van der Waals surface area (Å²) < 4.78 is 2.13. The van der Waals surface area contributed by atoms with E-state index in [-0.39, 0.29) is 0 Å². The molecule has 0 radical (unpaired) electrons. The molecule has 2 aromatic rings. The summed E-state index contributed by atoms with van der Waals surface area (Å²) in [6, 6.07) is 0.748. The monoisotopic (exact) mass is 290 g/mol. The molecule has 0 aromatic carbocycles. The van der Waals surface area contributed by atoms with Crippen LogP contribution < -0.4 is 5.32 Å². The molecule has 0 bridgehead atoms. The lowest BCUT2D eigenvalue weighted by atomic mass is 10.0. The lowest BCUT2D eigenvalue weighted by Gasteiger charge is -2.32. The number of hydrogen-bond donors (Lipinski definition) is 1. The van der Waals surface area contributed by atoms with Crippen molar-refractivity contribution in [3.63, 3.8) is 0 Å². The molecular formula is C15H22N4S. The molecule has 2 aromatic heterocycles. The highest BCUT2D eigenvalue weighted by atomic mass is 32.1. The van der Waals surface area contributed by atoms with Crippen LogP contribution in [0.3, 0.4) is 0 Å². The first-order valence-corrected chi connectivity index (χ1v) is 8.61. The fraction of sp³-hybridized carbons (Fsp3) is 0.667. The van der Waals surface area contributed by atoms with E-state index in [1.54, 1.807) is 11.3 Å². The molecule has 4 nitrogen and oxygen atoms in total. The molecule has 1 aliphatic heterocycles. The van der Waals surface area contributed by atoms with E-state index in [1.165, 1.54) is 51.0 Å². The number of rotatable bonds is 5. The number of nitrogens with one attached hydrogen (secondary N) is 1. The summed E-state index contributed by atoms with van der Waals surface area (Å²) in [7, 11) is 0. The van der Waals surface area contributed by atoms with Gasteiger partial charge in [0.2, 0.25) is 0 Å². The van der Waals surface area contributed by atoms with Crippen molar-refractivity contribution in [3.8, 4) is 0 Å². The number of fused-ring (bicyclic) bond motifs is 1. The van der Waals surface area contributed by atoms with Gasteiger partial charge >= 0.3 is 0 Å². The number of thiazole rings is 1. The van der Waals surface area contributed by atoms with E-state index in [9.17, 15) is 0 Å². The molecule has 0 atom stereocenters. The van der Waals surface area contributed by atoms with Gasteiger partial charge in [-0.2, -0.15) is 0 Å². The highest BCUT2D eigenvalue weighted by Crippen LogP contribution is 2.28. The van der Waals surface area contributed by atoms with Crippen LogP contribution in [0.1, 0.15) is 31.4 Å². The van der Waals surface area contributed by atoms with Crippen LogP contribution in [-0.4, -0.2) is 40.0 Å². The van der Waals surface area contributed by atoms with Crippen LogP contribution in [0.25, 0.3) is 4.96 Å². The molecule has 1 N–H and O–H groups in total. The summed E-state index contributed by atoms with van der Waals surface area (Å²) in [6.45, 7) is 4.66. The number of nitrogens with zero attached hydrogens (tertiary/aromatic N) is 3. The first-order chi connectivity index (χ1) is 9.87. The minimum absolute atomic E-state index is 0.748. The standard InChI is InChI=1S/C15H22N4S/c1-2-12(1)9-16-13-3-5-18(6-4-13)10-14-11-19-7-8-20-15(19)17-14/h7-8,11-13,16H,1-6,9-10H2. The largest absolute Gasteiger partial charge is 0.314 e. The topological polar surface area (TPSA) is 32.6 Å². The zero-order chi connectivity index (χ0) is 13.4. The molecule has 0 spiro atoms. The van der Waals surface area contributed by atoms with Crippen molar-refractivity contribution >= 4 is 16.3 Å². The van der Waals surface area contributed by atoms with Gasteiger partial charge in [-0.3, -0.25) is 9.30 Å². The SMILES string of the molecule is c1cn2cc(CN3CCC(NCC4CC4)CC3)nc2s1. The van der Waals surface area contributed by atoms with Gasteiger partial charge in [-0.15, -0.1) is 11.3 Å². The molecule has 2 fully saturated rings. The van der Waals surface area contributed by atoms with Crippen molar-refractivity contribution < 1.29 is 0 Å². The molecule has 1 aliphatic carbocycles. The van der Waals surface area contributed by atoms with Gasteiger partial charge in [-0.25, -0.2) is 4.98 Å². The first-order valence-electron chi connectivity index (χ1n) is 7.73. The van der Waals surface area contributed by atoms with Gasteiger partial charge in [-0.05, 0) is 38.1 Å². The Morgan fingerprint density at radius 3 is 2.85 bits per heavy atom. The first kappa shape index (κ1) is 12.8. The second-order valence-corrected chi connectivity index (χ2v) is 7.10. The zero-order valence-corrected chi connectivity index (χ0v) is 12.6. The van der Waals surface area contributed by atoms with Crippen LogP contribution in [0, 0.1) is 5.92 Å². The van der Waals surface area contributed by atoms with Crippen molar-refractivity contribution in [2.24, 2.45) is 5.92 Å². The van der Waals surface area contributed by atoms with E-state index in [0.717, 1.165) is 23.5 Å². The Hall–Kier alpha value is -0.910. The molecule has 1 saturated carbocycles. The van der Waals surface area contributed by atoms with Gasteiger partial charge in [0, 0.05) is 43.4 Å². The van der Waals surface area contributed by atoms with Gasteiger partial charge < -0.3 is 5.32 Å². The normalized spacial score (nSPS) is 21.8. The number of hydrogen-bond acceptors (Lipinski definition) is 4. The Morgan fingerprint density at radius 1 is 1.25 bits per heavy atom. The number of aromatic nitrogens is 2. The fourth-order valence-electron chi connectivity index (χ4n) is 3.03. The zero-order valence-electron chi connectivity index (χ0n) is 11.8. The molecule has 0 amide bonds. The maximum Gasteiger partial charge on any atom is 0.193 e. The van der Waals surface area contributed by atoms with E-state index in [1.807, 2.05) is 0 Å². The maximum absolute atomic E-state index is 4.68. The van der Waals surface area contributed by atoms with Crippen LogP contribution in [0.2, 0.25) is 0 Å². The quantitative estimate of drug-likeness (QED) is 0.917.